The highest BCUT2D eigenvalue weighted by Crippen LogP contribution is 2.24. The van der Waals surface area contributed by atoms with Crippen molar-refractivity contribution in [3.8, 4) is 6.07 Å². The summed E-state index contributed by atoms with van der Waals surface area (Å²) >= 11 is 0. The van der Waals surface area contributed by atoms with E-state index in [-0.39, 0.29) is 12.4 Å². The number of aromatic amines is 1. The Bertz CT molecular complexity index is 1200. The fourth-order valence-electron chi connectivity index (χ4n) is 4.49. The predicted molar refractivity (Wildman–Crippen MR) is 128 cm³/mol. The summed E-state index contributed by atoms with van der Waals surface area (Å²) in [6.45, 7) is 5.52. The quantitative estimate of drug-likeness (QED) is 0.415. The zero-order chi connectivity index (χ0) is 20.3. The highest BCUT2D eigenvalue weighted by atomic mass is 35.5. The second kappa shape index (κ2) is 9.47. The minimum Gasteiger partial charge on any atom is -0.464 e. The zero-order valence-corrected chi connectivity index (χ0v) is 18.3. The van der Waals surface area contributed by atoms with Crippen molar-refractivity contribution in [3.05, 3.63) is 66.1 Å². The van der Waals surface area contributed by atoms with Crippen LogP contribution in [-0.4, -0.2) is 42.6 Å². The van der Waals surface area contributed by atoms with Gasteiger partial charge in [-0.1, -0.05) is 0 Å². The number of hydrogen-bond donors (Lipinski definition) is 1. The van der Waals surface area contributed by atoms with Gasteiger partial charge in [0.2, 0.25) is 0 Å². The lowest BCUT2D eigenvalue weighted by molar-refractivity contribution is 0.253. The van der Waals surface area contributed by atoms with E-state index in [4.69, 9.17) is 9.68 Å². The number of aromatic nitrogens is 1. The average molecular weight is 435 g/mol. The molecule has 5 nitrogen and oxygen atoms in total. The largest absolute Gasteiger partial charge is 0.464 e. The zero-order valence-electron chi connectivity index (χ0n) is 17.5. The number of anilines is 1. The fourth-order valence-corrected chi connectivity index (χ4v) is 4.49. The van der Waals surface area contributed by atoms with Gasteiger partial charge >= 0.3 is 0 Å². The van der Waals surface area contributed by atoms with Crippen LogP contribution in [0.3, 0.4) is 0 Å². The van der Waals surface area contributed by atoms with Crippen molar-refractivity contribution < 1.29 is 4.42 Å². The summed E-state index contributed by atoms with van der Waals surface area (Å²) in [7, 11) is 0. The number of furan rings is 1. The monoisotopic (exact) mass is 434 g/mol. The van der Waals surface area contributed by atoms with E-state index in [9.17, 15) is 0 Å². The first-order valence-electron chi connectivity index (χ1n) is 10.7. The van der Waals surface area contributed by atoms with Crippen LogP contribution in [0.2, 0.25) is 0 Å². The molecule has 0 spiro atoms. The number of rotatable bonds is 6. The van der Waals surface area contributed by atoms with Crippen LogP contribution in [0.25, 0.3) is 21.9 Å². The molecule has 1 aliphatic heterocycles. The summed E-state index contributed by atoms with van der Waals surface area (Å²) < 4.78 is 5.45. The van der Waals surface area contributed by atoms with Crippen LogP contribution in [0, 0.1) is 11.3 Å². The number of unbranched alkanes of at least 4 members (excludes halogenated alkanes) is 1. The number of nitrogens with zero attached hydrogens (tertiary/aromatic N) is 3. The van der Waals surface area contributed by atoms with Gasteiger partial charge in [-0.3, -0.25) is 4.90 Å². The molecule has 5 rings (SSSR count). The number of benzene rings is 2. The van der Waals surface area contributed by atoms with Crippen LogP contribution in [0.5, 0.6) is 0 Å². The molecule has 2 aromatic heterocycles. The van der Waals surface area contributed by atoms with Crippen LogP contribution >= 0.6 is 12.4 Å². The molecule has 0 atom stereocenters. The van der Waals surface area contributed by atoms with Crippen molar-refractivity contribution in [3.63, 3.8) is 0 Å². The third-order valence-electron chi connectivity index (χ3n) is 6.24. The Kier molecular flexibility index (Phi) is 6.50. The van der Waals surface area contributed by atoms with Gasteiger partial charge in [0.1, 0.15) is 5.58 Å². The molecule has 0 aliphatic carbocycles. The van der Waals surface area contributed by atoms with Gasteiger partial charge in [-0.15, -0.1) is 12.4 Å². The van der Waals surface area contributed by atoms with E-state index in [1.165, 1.54) is 34.9 Å². The molecule has 1 N–H and O–H groups in total. The molecule has 1 saturated heterocycles. The number of nitrogens with one attached hydrogen (secondary N) is 1. The first kappa shape index (κ1) is 21.3. The maximum atomic E-state index is 9.14. The Balaban J connectivity index is 0.00000231. The molecule has 1 aliphatic rings. The first-order chi connectivity index (χ1) is 14.8. The smallest absolute Gasteiger partial charge is 0.133 e. The van der Waals surface area contributed by atoms with E-state index in [0.717, 1.165) is 55.8 Å². The van der Waals surface area contributed by atoms with Crippen molar-refractivity contribution in [2.24, 2.45) is 0 Å². The minimum absolute atomic E-state index is 0. The fraction of sp³-hybridized carbons (Fsp3) is 0.320. The molecule has 160 valence electrons. The molecule has 1 fully saturated rings. The van der Waals surface area contributed by atoms with Gasteiger partial charge in [0.05, 0.1) is 17.9 Å². The number of aryl methyl sites for hydroxylation is 1. The second-order valence-electron chi connectivity index (χ2n) is 8.11. The molecule has 0 radical (unpaired) electrons. The summed E-state index contributed by atoms with van der Waals surface area (Å²) in [5.41, 5.74) is 5.42. The van der Waals surface area contributed by atoms with Crippen LogP contribution in [0.15, 0.2) is 59.3 Å². The van der Waals surface area contributed by atoms with Gasteiger partial charge in [0, 0.05) is 54.4 Å². The highest BCUT2D eigenvalue weighted by Gasteiger charge is 2.17. The van der Waals surface area contributed by atoms with Gasteiger partial charge in [-0.05, 0) is 73.8 Å². The molecule has 0 saturated carbocycles. The van der Waals surface area contributed by atoms with Crippen molar-refractivity contribution in [2.45, 2.75) is 19.3 Å². The molecule has 6 heteroatoms. The van der Waals surface area contributed by atoms with Crippen LogP contribution in [0.4, 0.5) is 5.69 Å². The number of hydrogen-bond acceptors (Lipinski definition) is 4. The Morgan fingerprint density at radius 2 is 1.87 bits per heavy atom. The normalized spacial score (nSPS) is 14.6. The van der Waals surface area contributed by atoms with E-state index in [2.05, 4.69) is 45.2 Å². The summed E-state index contributed by atoms with van der Waals surface area (Å²) in [5, 5.41) is 11.5. The molecule has 3 heterocycles. The summed E-state index contributed by atoms with van der Waals surface area (Å²) in [6, 6.07) is 16.6. The van der Waals surface area contributed by atoms with Gasteiger partial charge in [0.25, 0.3) is 0 Å². The molecule has 4 aromatic rings. The van der Waals surface area contributed by atoms with Crippen molar-refractivity contribution in [1.29, 1.82) is 5.26 Å². The third kappa shape index (κ3) is 4.56. The van der Waals surface area contributed by atoms with E-state index in [1.54, 1.807) is 6.26 Å². The predicted octanol–water partition coefficient (Wildman–Crippen LogP) is 5.35. The SMILES string of the molecule is Cl.N#Cc1ccc2[nH]cc(CCCCN3CCN(c4ccc5occc5c4)CC3)c2c1. The first-order valence-corrected chi connectivity index (χ1v) is 10.7. The summed E-state index contributed by atoms with van der Waals surface area (Å²) in [4.78, 5) is 8.38. The Morgan fingerprint density at radius 1 is 1.00 bits per heavy atom. The number of piperazine rings is 1. The average Bonchev–Trinajstić information content (AvgIpc) is 3.43. The Labute approximate surface area is 188 Å². The van der Waals surface area contributed by atoms with Crippen molar-refractivity contribution >= 4 is 40.0 Å². The number of H-pyrrole nitrogens is 1. The lowest BCUT2D eigenvalue weighted by atomic mass is 10.1. The maximum Gasteiger partial charge on any atom is 0.133 e. The Hall–Kier alpha value is -2.94. The Morgan fingerprint density at radius 3 is 2.71 bits per heavy atom. The third-order valence-corrected chi connectivity index (χ3v) is 6.24. The van der Waals surface area contributed by atoms with Gasteiger partial charge in [-0.25, -0.2) is 0 Å². The van der Waals surface area contributed by atoms with E-state index in [0.29, 0.717) is 0 Å². The number of halogens is 1. The standard InChI is InChI=1S/C25H26N4O.ClH/c26-17-19-4-6-24-23(15-19)21(18-27-24)3-1-2-9-28-10-12-29(13-11-28)22-5-7-25-20(16-22)8-14-30-25;/h4-8,14-16,18,27H,1-3,9-13H2;1H. The lowest BCUT2D eigenvalue weighted by Gasteiger charge is -2.36. The molecule has 0 unspecified atom stereocenters. The minimum atomic E-state index is 0. The van der Waals surface area contributed by atoms with Gasteiger partial charge in [0.15, 0.2) is 0 Å². The molecule has 0 bridgehead atoms. The number of nitriles is 1. The summed E-state index contributed by atoms with van der Waals surface area (Å²) in [5.74, 6) is 0. The maximum absolute atomic E-state index is 9.14. The molecule has 31 heavy (non-hydrogen) atoms. The van der Waals surface area contributed by atoms with Crippen LogP contribution < -0.4 is 4.90 Å². The van der Waals surface area contributed by atoms with Gasteiger partial charge in [-0.2, -0.15) is 5.26 Å². The molecular weight excluding hydrogens is 408 g/mol. The molecular formula is C25H27ClN4O. The van der Waals surface area contributed by atoms with Crippen molar-refractivity contribution in [1.82, 2.24) is 9.88 Å². The van der Waals surface area contributed by atoms with Crippen LogP contribution in [-0.2, 0) is 6.42 Å². The topological polar surface area (TPSA) is 59.2 Å². The second-order valence-corrected chi connectivity index (χ2v) is 8.11. The van der Waals surface area contributed by atoms with Gasteiger partial charge < -0.3 is 14.3 Å². The van der Waals surface area contributed by atoms with E-state index < -0.39 is 0 Å². The molecule has 2 aromatic carbocycles. The lowest BCUT2D eigenvalue weighted by Crippen LogP contribution is -2.46. The van der Waals surface area contributed by atoms with Crippen LogP contribution in [0.1, 0.15) is 24.0 Å². The van der Waals surface area contributed by atoms with Crippen molar-refractivity contribution in [2.75, 3.05) is 37.6 Å². The highest BCUT2D eigenvalue weighted by molar-refractivity contribution is 5.85. The number of fused-ring (bicyclic) bond motifs is 2. The van der Waals surface area contributed by atoms with E-state index >= 15 is 0 Å². The van der Waals surface area contributed by atoms with E-state index in [1.807, 2.05) is 24.3 Å². The molecule has 0 amide bonds. The summed E-state index contributed by atoms with van der Waals surface area (Å²) in [6.07, 6.45) is 7.28.